The minimum Gasteiger partial charge on any atom is -0.481 e. The molecule has 0 saturated carbocycles. The van der Waals surface area contributed by atoms with E-state index in [0.29, 0.717) is 0 Å². The number of carboxylic acid groups (broad SMARTS) is 2. The Morgan fingerprint density at radius 2 is 1.70 bits per heavy atom. The highest BCUT2D eigenvalue weighted by Gasteiger charge is 2.45. The third-order valence-corrected chi connectivity index (χ3v) is 2.78. The van der Waals surface area contributed by atoms with Crippen molar-refractivity contribution in [3.63, 3.8) is 0 Å². The maximum Gasteiger partial charge on any atom is 0.333 e. The van der Waals surface area contributed by atoms with Gasteiger partial charge in [0.1, 0.15) is 24.4 Å². The van der Waals surface area contributed by atoms with Crippen LogP contribution in [0.3, 0.4) is 0 Å². The lowest BCUT2D eigenvalue weighted by atomic mass is 9.99. The first kappa shape index (κ1) is 16.8. The third kappa shape index (κ3) is 3.85. The summed E-state index contributed by atoms with van der Waals surface area (Å²) in [5.41, 5.74) is 0. The fraction of sp³-hybridized carbons (Fsp3) is 0.800. The van der Waals surface area contributed by atoms with Crippen molar-refractivity contribution >= 4 is 11.9 Å². The number of hydrogen-bond acceptors (Lipinski definition) is 8. The Hall–Kier alpha value is -1.30. The zero-order valence-electron chi connectivity index (χ0n) is 10.2. The number of aliphatic hydroxyl groups is 4. The molecule has 0 aromatic carbocycles. The molecule has 10 nitrogen and oxygen atoms in total. The Labute approximate surface area is 112 Å². The quantitative estimate of drug-likeness (QED) is 0.292. The van der Waals surface area contributed by atoms with E-state index in [2.05, 4.69) is 0 Å². The Balaban J connectivity index is 2.77. The van der Waals surface area contributed by atoms with Gasteiger partial charge in [0.05, 0.1) is 13.0 Å². The van der Waals surface area contributed by atoms with Crippen LogP contribution in [-0.2, 0) is 19.1 Å². The number of ether oxygens (including phenoxy) is 2. The van der Waals surface area contributed by atoms with Crippen molar-refractivity contribution in [3.8, 4) is 0 Å². The van der Waals surface area contributed by atoms with Crippen LogP contribution in [0.1, 0.15) is 6.42 Å². The highest BCUT2D eigenvalue weighted by Crippen LogP contribution is 2.23. The van der Waals surface area contributed by atoms with Crippen LogP contribution >= 0.6 is 0 Å². The molecule has 0 aliphatic carbocycles. The molecule has 1 rings (SSSR count). The smallest absolute Gasteiger partial charge is 0.333 e. The van der Waals surface area contributed by atoms with E-state index >= 15 is 0 Å². The van der Waals surface area contributed by atoms with Crippen LogP contribution in [0.25, 0.3) is 0 Å². The lowest BCUT2D eigenvalue weighted by Crippen LogP contribution is -2.60. The molecule has 1 aliphatic heterocycles. The Kier molecular flexibility index (Phi) is 5.80. The van der Waals surface area contributed by atoms with E-state index in [0.717, 1.165) is 0 Å². The zero-order valence-corrected chi connectivity index (χ0v) is 10.2. The summed E-state index contributed by atoms with van der Waals surface area (Å²) in [6.07, 6.45) is -10.8. The van der Waals surface area contributed by atoms with Gasteiger partial charge < -0.3 is 40.1 Å². The molecular weight excluding hydrogens is 280 g/mol. The molecule has 1 aliphatic rings. The maximum atomic E-state index is 10.8. The molecule has 1 saturated heterocycles. The first-order valence-electron chi connectivity index (χ1n) is 5.68. The summed E-state index contributed by atoms with van der Waals surface area (Å²) in [5, 5.41) is 54.8. The van der Waals surface area contributed by atoms with Gasteiger partial charge in [-0.2, -0.15) is 0 Å². The zero-order chi connectivity index (χ0) is 15.4. The first-order chi connectivity index (χ1) is 9.27. The molecule has 0 spiro atoms. The summed E-state index contributed by atoms with van der Waals surface area (Å²) in [4.78, 5) is 21.3. The molecule has 0 radical (unpaired) electrons. The lowest BCUT2D eigenvalue weighted by Gasteiger charge is -2.40. The predicted octanol–water partition coefficient (Wildman–Crippen LogP) is -3.27. The SMILES string of the molecule is O=C(O)C[C@H](O[C@@H]1O[C@H](CO)[C@@H](O)[C@H](O)[C@H]1O)C(=O)O. The third-order valence-electron chi connectivity index (χ3n) is 2.78. The van der Waals surface area contributed by atoms with E-state index in [4.69, 9.17) is 24.8 Å². The van der Waals surface area contributed by atoms with Crippen LogP contribution in [0.5, 0.6) is 0 Å². The van der Waals surface area contributed by atoms with Gasteiger partial charge in [-0.3, -0.25) is 4.79 Å². The fourth-order valence-corrected chi connectivity index (χ4v) is 1.69. The molecule has 1 heterocycles. The number of hydrogen-bond donors (Lipinski definition) is 6. The molecule has 0 aromatic heterocycles. The molecule has 0 bridgehead atoms. The average molecular weight is 296 g/mol. The summed E-state index contributed by atoms with van der Waals surface area (Å²) in [6, 6.07) is 0. The maximum absolute atomic E-state index is 10.8. The van der Waals surface area contributed by atoms with Crippen molar-refractivity contribution in [2.24, 2.45) is 0 Å². The molecule has 116 valence electrons. The van der Waals surface area contributed by atoms with Crippen molar-refractivity contribution in [2.75, 3.05) is 6.61 Å². The summed E-state index contributed by atoms with van der Waals surface area (Å²) in [6.45, 7) is -0.707. The summed E-state index contributed by atoms with van der Waals surface area (Å²) in [5.74, 6) is -3.04. The topological polar surface area (TPSA) is 174 Å². The minimum atomic E-state index is -1.81. The van der Waals surface area contributed by atoms with Crippen LogP contribution in [0, 0.1) is 0 Å². The van der Waals surface area contributed by atoms with Crippen LogP contribution in [0.4, 0.5) is 0 Å². The highest BCUT2D eigenvalue weighted by molar-refractivity contribution is 5.79. The van der Waals surface area contributed by atoms with E-state index in [1.54, 1.807) is 0 Å². The Morgan fingerprint density at radius 3 is 2.15 bits per heavy atom. The largest absolute Gasteiger partial charge is 0.481 e. The second-order valence-corrected chi connectivity index (χ2v) is 4.26. The predicted molar refractivity (Wildman–Crippen MR) is 58.5 cm³/mol. The van der Waals surface area contributed by atoms with Crippen molar-refractivity contribution in [3.05, 3.63) is 0 Å². The fourth-order valence-electron chi connectivity index (χ4n) is 1.69. The van der Waals surface area contributed by atoms with Gasteiger partial charge in [-0.05, 0) is 0 Å². The van der Waals surface area contributed by atoms with E-state index in [1.807, 2.05) is 0 Å². The van der Waals surface area contributed by atoms with Crippen LogP contribution in [-0.4, -0.2) is 86.0 Å². The highest BCUT2D eigenvalue weighted by atomic mass is 16.7. The van der Waals surface area contributed by atoms with E-state index in [-0.39, 0.29) is 0 Å². The van der Waals surface area contributed by atoms with Gasteiger partial charge >= 0.3 is 11.9 Å². The molecule has 1 fully saturated rings. The second-order valence-electron chi connectivity index (χ2n) is 4.26. The molecule has 6 N–H and O–H groups in total. The summed E-state index contributed by atoms with van der Waals surface area (Å²) < 4.78 is 9.70. The Bertz CT molecular complexity index is 356. The molecular formula is C10H16O10. The molecule has 20 heavy (non-hydrogen) atoms. The average Bonchev–Trinajstić information content (AvgIpc) is 2.37. The molecule has 0 amide bonds. The normalized spacial score (nSPS) is 35.5. The van der Waals surface area contributed by atoms with Crippen molar-refractivity contribution in [1.29, 1.82) is 0 Å². The lowest BCUT2D eigenvalue weighted by molar-refractivity contribution is -0.310. The van der Waals surface area contributed by atoms with Crippen LogP contribution in [0.15, 0.2) is 0 Å². The summed E-state index contributed by atoms with van der Waals surface area (Å²) in [7, 11) is 0. The van der Waals surface area contributed by atoms with E-state index in [9.17, 15) is 24.9 Å². The van der Waals surface area contributed by atoms with Crippen molar-refractivity contribution in [1.82, 2.24) is 0 Å². The van der Waals surface area contributed by atoms with Gasteiger partial charge in [-0.15, -0.1) is 0 Å². The van der Waals surface area contributed by atoms with Crippen molar-refractivity contribution < 1.29 is 49.7 Å². The van der Waals surface area contributed by atoms with Crippen molar-refractivity contribution in [2.45, 2.75) is 43.2 Å². The number of rotatable bonds is 6. The van der Waals surface area contributed by atoms with Gasteiger partial charge in [0.2, 0.25) is 0 Å². The molecule has 0 aromatic rings. The van der Waals surface area contributed by atoms with Gasteiger partial charge in [0.15, 0.2) is 12.4 Å². The first-order valence-corrected chi connectivity index (χ1v) is 5.68. The van der Waals surface area contributed by atoms with E-state index in [1.165, 1.54) is 0 Å². The second kappa shape index (κ2) is 6.92. The minimum absolute atomic E-state index is 0.707. The number of aliphatic hydroxyl groups excluding tert-OH is 4. The van der Waals surface area contributed by atoms with Gasteiger partial charge in [0.25, 0.3) is 0 Å². The van der Waals surface area contributed by atoms with Gasteiger partial charge in [-0.25, -0.2) is 4.79 Å². The van der Waals surface area contributed by atoms with Gasteiger partial charge in [0, 0.05) is 0 Å². The number of aliphatic carboxylic acids is 2. The monoisotopic (exact) mass is 296 g/mol. The number of carbonyl (C=O) groups is 2. The van der Waals surface area contributed by atoms with Crippen LogP contribution < -0.4 is 0 Å². The Morgan fingerprint density at radius 1 is 1.10 bits per heavy atom. The van der Waals surface area contributed by atoms with E-state index < -0.39 is 61.8 Å². The molecule has 6 atom stereocenters. The van der Waals surface area contributed by atoms with Gasteiger partial charge in [-0.1, -0.05) is 0 Å². The molecule has 0 unspecified atom stereocenters. The molecule has 10 heteroatoms. The standard InChI is InChI=1S/C10H16O10/c11-2-4-6(14)7(15)8(16)10(20-4)19-3(9(17)18)1-5(12)13/h3-4,6-8,10-11,14-16H,1-2H2,(H,12,13)(H,17,18)/t3-,4+,6+,7-,8+,10+/m0/s1. The number of carboxylic acids is 2. The van der Waals surface area contributed by atoms with Crippen LogP contribution in [0.2, 0.25) is 0 Å². The summed E-state index contributed by atoms with van der Waals surface area (Å²) >= 11 is 0.